The number of fused-ring (bicyclic) bond motifs is 1. The van der Waals surface area contributed by atoms with Crippen molar-refractivity contribution in [1.29, 1.82) is 0 Å². The van der Waals surface area contributed by atoms with Gasteiger partial charge in [0.1, 0.15) is 35.2 Å². The molecule has 1 aliphatic heterocycles. The van der Waals surface area contributed by atoms with Gasteiger partial charge in [0.2, 0.25) is 5.91 Å². The van der Waals surface area contributed by atoms with Gasteiger partial charge in [-0.1, -0.05) is 6.58 Å². The van der Waals surface area contributed by atoms with E-state index in [1.807, 2.05) is 19.3 Å². The molecule has 0 saturated carbocycles. The molecule has 1 aliphatic rings. The summed E-state index contributed by atoms with van der Waals surface area (Å²) in [4.78, 5) is 26.6. The van der Waals surface area contributed by atoms with Crippen LogP contribution < -0.4 is 20.1 Å². The molecule has 212 valence electrons. The molecule has 12 heteroatoms. The lowest BCUT2D eigenvalue weighted by Crippen LogP contribution is -2.56. The van der Waals surface area contributed by atoms with Crippen LogP contribution in [0.25, 0.3) is 22.2 Å². The summed E-state index contributed by atoms with van der Waals surface area (Å²) < 4.78 is 28.4. The van der Waals surface area contributed by atoms with Crippen molar-refractivity contribution in [1.82, 2.24) is 29.6 Å². The van der Waals surface area contributed by atoms with E-state index in [-0.39, 0.29) is 17.6 Å². The van der Waals surface area contributed by atoms with Crippen LogP contribution in [0.15, 0.2) is 80.0 Å². The Morgan fingerprint density at radius 1 is 1.10 bits per heavy atom. The van der Waals surface area contributed by atoms with E-state index in [0.717, 1.165) is 5.56 Å². The summed E-state index contributed by atoms with van der Waals surface area (Å²) in [6.45, 7) is 4.63. The molecule has 0 atom stereocenters. The van der Waals surface area contributed by atoms with Gasteiger partial charge in [0.15, 0.2) is 0 Å². The van der Waals surface area contributed by atoms with Crippen molar-refractivity contribution >= 4 is 34.0 Å². The Hall–Kier alpha value is -5.52. The fourth-order valence-corrected chi connectivity index (χ4v) is 4.67. The van der Waals surface area contributed by atoms with Gasteiger partial charge in [-0.3, -0.25) is 14.5 Å². The molecule has 0 radical (unpaired) electrons. The fraction of sp³-hybridized carbons (Fsp3) is 0.167. The predicted molar refractivity (Wildman–Crippen MR) is 156 cm³/mol. The van der Waals surface area contributed by atoms with E-state index in [1.165, 1.54) is 18.5 Å². The Kier molecular flexibility index (Phi) is 7.09. The first kappa shape index (κ1) is 26.7. The van der Waals surface area contributed by atoms with E-state index in [0.29, 0.717) is 58.4 Å². The van der Waals surface area contributed by atoms with E-state index in [4.69, 9.17) is 9.47 Å². The summed E-state index contributed by atoms with van der Waals surface area (Å²) in [5, 5.41) is 11.3. The van der Waals surface area contributed by atoms with Crippen LogP contribution in [0.5, 0.6) is 17.2 Å². The molecule has 4 heterocycles. The lowest BCUT2D eigenvalue weighted by molar-refractivity contribution is -0.129. The van der Waals surface area contributed by atoms with Crippen LogP contribution in [0.3, 0.4) is 0 Å². The van der Waals surface area contributed by atoms with Gasteiger partial charge in [-0.2, -0.15) is 5.10 Å². The van der Waals surface area contributed by atoms with Gasteiger partial charge in [-0.15, -0.1) is 0 Å². The maximum atomic E-state index is 15.3. The zero-order valence-corrected chi connectivity index (χ0v) is 22.9. The molecule has 0 spiro atoms. The summed E-state index contributed by atoms with van der Waals surface area (Å²) in [5.74, 6) is 1.24. The first-order valence-electron chi connectivity index (χ1n) is 13.1. The minimum Gasteiger partial charge on any atom is -0.495 e. The van der Waals surface area contributed by atoms with Crippen LogP contribution in [0, 0.1) is 5.82 Å². The molecule has 2 aromatic carbocycles. The largest absolute Gasteiger partial charge is 0.495 e. The van der Waals surface area contributed by atoms with Crippen LogP contribution in [0.1, 0.15) is 0 Å². The third kappa shape index (κ3) is 5.42. The highest BCUT2D eigenvalue weighted by molar-refractivity contribution is 5.95. The molecule has 6 rings (SSSR count). The molecule has 0 aliphatic carbocycles. The van der Waals surface area contributed by atoms with Crippen molar-refractivity contribution in [3.05, 3.63) is 85.9 Å². The number of anilines is 3. The number of halogens is 1. The standard InChI is InChI=1S/C30H27FN8O3/c1-4-29(40)39-15-19(16-39)36-27-11-22-26(12-28(27)41-3)33-17-34-30(22)37-24-6-5-20(9-23(24)31)42-21-7-8-32-25(10-21)18-13-35-38(2)14-18/h4-14,17,19,36H,1,15-16H2,2-3H3,(H,33,34,37). The first-order valence-corrected chi connectivity index (χ1v) is 13.1. The van der Waals surface area contributed by atoms with E-state index in [9.17, 15) is 4.79 Å². The van der Waals surface area contributed by atoms with Gasteiger partial charge in [-0.25, -0.2) is 14.4 Å². The smallest absolute Gasteiger partial charge is 0.246 e. The van der Waals surface area contributed by atoms with Crippen molar-refractivity contribution in [3.63, 3.8) is 0 Å². The Bertz CT molecular complexity index is 1800. The molecule has 0 bridgehead atoms. The van der Waals surface area contributed by atoms with E-state index in [1.54, 1.807) is 59.4 Å². The van der Waals surface area contributed by atoms with Crippen LogP contribution in [0.4, 0.5) is 21.6 Å². The number of hydrogen-bond donors (Lipinski definition) is 2. The van der Waals surface area contributed by atoms with Gasteiger partial charge in [0, 0.05) is 61.7 Å². The second-order valence-electron chi connectivity index (χ2n) is 9.73. The minimum atomic E-state index is -0.519. The number of likely N-dealkylation sites (tertiary alicyclic amines) is 1. The van der Waals surface area contributed by atoms with Crippen LogP contribution in [-0.2, 0) is 11.8 Å². The molecule has 1 amide bonds. The highest BCUT2D eigenvalue weighted by Gasteiger charge is 2.30. The molecule has 1 fully saturated rings. The number of aromatic nitrogens is 5. The number of nitrogens with one attached hydrogen (secondary N) is 2. The van der Waals surface area contributed by atoms with Crippen molar-refractivity contribution < 1.29 is 18.7 Å². The normalized spacial score (nSPS) is 13.0. The molecule has 1 saturated heterocycles. The Morgan fingerprint density at radius 3 is 2.67 bits per heavy atom. The number of hydrogen-bond acceptors (Lipinski definition) is 9. The van der Waals surface area contributed by atoms with Crippen LogP contribution >= 0.6 is 0 Å². The van der Waals surface area contributed by atoms with E-state index >= 15 is 4.39 Å². The number of pyridine rings is 1. The third-order valence-corrected chi connectivity index (χ3v) is 6.85. The zero-order chi connectivity index (χ0) is 29.2. The van der Waals surface area contributed by atoms with Crippen LogP contribution in [-0.4, -0.2) is 61.8 Å². The SMILES string of the molecule is C=CC(=O)N1CC(Nc2cc3c(Nc4ccc(Oc5ccnc(-c6cnn(C)c6)c5)cc4F)ncnc3cc2OC)C1. The maximum Gasteiger partial charge on any atom is 0.246 e. The molecule has 2 N–H and O–H groups in total. The molecule has 5 aromatic rings. The van der Waals surface area contributed by atoms with Gasteiger partial charge in [0.05, 0.1) is 41.9 Å². The third-order valence-electron chi connectivity index (χ3n) is 6.85. The van der Waals surface area contributed by atoms with Gasteiger partial charge in [0.25, 0.3) is 0 Å². The second kappa shape index (κ2) is 11.2. The highest BCUT2D eigenvalue weighted by Crippen LogP contribution is 2.35. The van der Waals surface area contributed by atoms with Crippen LogP contribution in [0.2, 0.25) is 0 Å². The second-order valence-corrected chi connectivity index (χ2v) is 9.73. The quantitative estimate of drug-likeness (QED) is 0.240. The summed E-state index contributed by atoms with van der Waals surface area (Å²) in [6, 6.07) is 11.7. The zero-order valence-electron chi connectivity index (χ0n) is 22.9. The Labute approximate surface area is 240 Å². The minimum absolute atomic E-state index is 0.0483. The summed E-state index contributed by atoms with van der Waals surface area (Å²) in [7, 11) is 3.41. The van der Waals surface area contributed by atoms with Gasteiger partial charge in [-0.05, 0) is 30.3 Å². The van der Waals surface area contributed by atoms with Crippen molar-refractivity contribution in [2.24, 2.45) is 7.05 Å². The van der Waals surface area contributed by atoms with E-state index < -0.39 is 5.82 Å². The van der Waals surface area contributed by atoms with Gasteiger partial charge >= 0.3 is 0 Å². The summed E-state index contributed by atoms with van der Waals surface area (Å²) in [5.41, 5.74) is 3.09. The Balaban J connectivity index is 1.21. The predicted octanol–water partition coefficient (Wildman–Crippen LogP) is 4.92. The number of amides is 1. The first-order chi connectivity index (χ1) is 20.4. The molecule has 42 heavy (non-hydrogen) atoms. The molecule has 0 unspecified atom stereocenters. The molecular formula is C30H27FN8O3. The maximum absolute atomic E-state index is 15.3. The number of carbonyl (C=O) groups is 1. The Morgan fingerprint density at radius 2 is 1.93 bits per heavy atom. The topological polar surface area (TPSA) is 119 Å². The number of ether oxygens (including phenoxy) is 2. The lowest BCUT2D eigenvalue weighted by atomic mass is 10.1. The molecule has 3 aromatic heterocycles. The lowest BCUT2D eigenvalue weighted by Gasteiger charge is -2.39. The fourth-order valence-electron chi connectivity index (χ4n) is 4.67. The average Bonchev–Trinajstić information content (AvgIpc) is 3.42. The number of carbonyl (C=O) groups excluding carboxylic acids is 1. The molecular weight excluding hydrogens is 539 g/mol. The summed E-state index contributed by atoms with van der Waals surface area (Å²) >= 11 is 0. The van der Waals surface area contributed by atoms with E-state index in [2.05, 4.69) is 37.3 Å². The molecule has 11 nitrogen and oxygen atoms in total. The van der Waals surface area contributed by atoms with Crippen molar-refractivity contribution in [3.8, 4) is 28.5 Å². The average molecular weight is 567 g/mol. The number of benzene rings is 2. The number of aryl methyl sites for hydroxylation is 1. The van der Waals surface area contributed by atoms with Gasteiger partial charge < -0.3 is 25.0 Å². The number of methoxy groups -OCH3 is 1. The number of rotatable bonds is 9. The van der Waals surface area contributed by atoms with Crippen molar-refractivity contribution in [2.75, 3.05) is 30.8 Å². The monoisotopic (exact) mass is 566 g/mol. The number of nitrogens with zero attached hydrogens (tertiary/aromatic N) is 6. The highest BCUT2D eigenvalue weighted by atomic mass is 19.1. The summed E-state index contributed by atoms with van der Waals surface area (Å²) in [6.07, 6.45) is 7.90. The van der Waals surface area contributed by atoms with Crippen molar-refractivity contribution in [2.45, 2.75) is 6.04 Å².